The van der Waals surface area contributed by atoms with Gasteiger partial charge in [-0.15, -0.1) is 0 Å². The van der Waals surface area contributed by atoms with Crippen molar-refractivity contribution >= 4 is 23.4 Å². The van der Waals surface area contributed by atoms with E-state index in [2.05, 4.69) is 12.1 Å². The van der Waals surface area contributed by atoms with Crippen LogP contribution in [0.25, 0.3) is 6.08 Å². The van der Waals surface area contributed by atoms with Crippen molar-refractivity contribution in [3.05, 3.63) is 70.3 Å². The molecule has 150 valence electrons. The van der Waals surface area contributed by atoms with E-state index >= 15 is 0 Å². The van der Waals surface area contributed by atoms with Gasteiger partial charge >= 0.3 is 0 Å². The summed E-state index contributed by atoms with van der Waals surface area (Å²) in [6.45, 7) is 6.06. The Balaban J connectivity index is 1.75. The van der Waals surface area contributed by atoms with E-state index in [1.54, 1.807) is 25.3 Å². The zero-order valence-corrected chi connectivity index (χ0v) is 17.3. The highest BCUT2D eigenvalue weighted by molar-refractivity contribution is 6.24. The first-order chi connectivity index (χ1) is 13.8. The van der Waals surface area contributed by atoms with E-state index in [1.807, 2.05) is 32.9 Å². The molecule has 0 heterocycles. The monoisotopic (exact) mass is 390 g/mol. The van der Waals surface area contributed by atoms with Gasteiger partial charge in [0.25, 0.3) is 0 Å². The molecule has 0 amide bonds. The number of methoxy groups -OCH3 is 1. The lowest BCUT2D eigenvalue weighted by molar-refractivity contribution is -0.140. The van der Waals surface area contributed by atoms with Crippen molar-refractivity contribution in [2.45, 2.75) is 39.5 Å². The van der Waals surface area contributed by atoms with Crippen LogP contribution in [-0.2, 0) is 14.4 Å². The zero-order valence-electron chi connectivity index (χ0n) is 17.3. The number of ether oxygens (including phenoxy) is 1. The van der Waals surface area contributed by atoms with Crippen LogP contribution in [-0.4, -0.2) is 24.5 Å². The van der Waals surface area contributed by atoms with Crippen molar-refractivity contribution < 1.29 is 19.1 Å². The molecule has 3 rings (SSSR count). The average Bonchev–Trinajstić information content (AvgIpc) is 2.65. The summed E-state index contributed by atoms with van der Waals surface area (Å²) in [6, 6.07) is 11.4. The Bertz CT molecular complexity index is 941. The van der Waals surface area contributed by atoms with Crippen molar-refractivity contribution in [2.75, 3.05) is 7.11 Å². The van der Waals surface area contributed by atoms with Crippen LogP contribution in [0, 0.1) is 26.7 Å². The summed E-state index contributed by atoms with van der Waals surface area (Å²) in [5.41, 5.74) is 5.22. The first-order valence-corrected chi connectivity index (χ1v) is 9.79. The molecule has 0 spiro atoms. The Hall–Kier alpha value is -3.01. The molecule has 4 heteroatoms. The Labute approximate surface area is 171 Å². The van der Waals surface area contributed by atoms with E-state index in [-0.39, 0.29) is 30.3 Å². The van der Waals surface area contributed by atoms with Gasteiger partial charge in [0.15, 0.2) is 17.3 Å². The first-order valence-electron chi connectivity index (χ1n) is 9.79. The molecular formula is C25H26O4. The van der Waals surface area contributed by atoms with Gasteiger partial charge in [-0.05, 0) is 67.2 Å². The van der Waals surface area contributed by atoms with Crippen molar-refractivity contribution in [3.63, 3.8) is 0 Å². The maximum absolute atomic E-state index is 12.7. The number of carbonyl (C=O) groups excluding carboxylic acids is 3. The molecule has 1 saturated carbocycles. The number of hydrogen-bond acceptors (Lipinski definition) is 4. The van der Waals surface area contributed by atoms with Crippen molar-refractivity contribution in [2.24, 2.45) is 5.92 Å². The fourth-order valence-corrected chi connectivity index (χ4v) is 4.32. The van der Waals surface area contributed by atoms with Gasteiger partial charge in [-0.25, -0.2) is 0 Å². The summed E-state index contributed by atoms with van der Waals surface area (Å²) in [5, 5.41) is 0. The molecule has 0 bridgehead atoms. The van der Waals surface area contributed by atoms with Crippen LogP contribution in [0.15, 0.2) is 42.5 Å². The Morgan fingerprint density at radius 3 is 2.03 bits per heavy atom. The standard InChI is InChI=1S/C25H26O4/c1-15-11-16(2)24(17(3)12-15)19-13-22(27)25(23(28)14-19)21(26)10-7-18-5-8-20(29-4)9-6-18/h5-12,19,25H,13-14H2,1-4H3/b10-7+. The molecule has 0 radical (unpaired) electrons. The molecule has 2 aromatic rings. The van der Waals surface area contributed by atoms with Gasteiger partial charge in [-0.1, -0.05) is 35.9 Å². The van der Waals surface area contributed by atoms with E-state index in [0.29, 0.717) is 0 Å². The minimum Gasteiger partial charge on any atom is -0.497 e. The third-order valence-electron chi connectivity index (χ3n) is 5.53. The number of Topliss-reactive ketones (excluding diaryl/α,β-unsaturated/α-hetero) is 2. The van der Waals surface area contributed by atoms with Gasteiger partial charge < -0.3 is 4.74 Å². The molecule has 29 heavy (non-hydrogen) atoms. The van der Waals surface area contributed by atoms with Crippen molar-refractivity contribution in [1.29, 1.82) is 0 Å². The van der Waals surface area contributed by atoms with Crippen LogP contribution in [0.1, 0.15) is 46.6 Å². The lowest BCUT2D eigenvalue weighted by Gasteiger charge is -2.28. The molecule has 0 aromatic heterocycles. The van der Waals surface area contributed by atoms with Gasteiger partial charge in [0.2, 0.25) is 0 Å². The maximum Gasteiger partial charge on any atom is 0.173 e. The van der Waals surface area contributed by atoms with Crippen LogP contribution < -0.4 is 4.74 Å². The molecule has 1 fully saturated rings. The normalized spacial score (nSPS) is 19.6. The molecule has 2 aromatic carbocycles. The first kappa shape index (κ1) is 20.7. The van der Waals surface area contributed by atoms with E-state index in [0.717, 1.165) is 33.6 Å². The average molecular weight is 390 g/mol. The summed E-state index contributed by atoms with van der Waals surface area (Å²) >= 11 is 0. The largest absolute Gasteiger partial charge is 0.497 e. The predicted molar refractivity (Wildman–Crippen MR) is 113 cm³/mol. The summed E-state index contributed by atoms with van der Waals surface area (Å²) in [7, 11) is 1.58. The highest BCUT2D eigenvalue weighted by Crippen LogP contribution is 2.36. The minimum absolute atomic E-state index is 0.148. The summed E-state index contributed by atoms with van der Waals surface area (Å²) in [4.78, 5) is 38.0. The van der Waals surface area contributed by atoms with Gasteiger partial charge in [0, 0.05) is 12.8 Å². The van der Waals surface area contributed by atoms with Crippen molar-refractivity contribution in [3.8, 4) is 5.75 Å². The summed E-state index contributed by atoms with van der Waals surface area (Å²) in [6.07, 6.45) is 3.42. The molecule has 0 aliphatic heterocycles. The predicted octanol–water partition coefficient (Wildman–Crippen LogP) is 4.53. The Kier molecular flexibility index (Phi) is 6.12. The third-order valence-corrected chi connectivity index (χ3v) is 5.53. The molecule has 0 saturated heterocycles. The molecule has 0 atom stereocenters. The van der Waals surface area contributed by atoms with Crippen LogP contribution in [0.3, 0.4) is 0 Å². The second kappa shape index (κ2) is 8.56. The summed E-state index contributed by atoms with van der Waals surface area (Å²) < 4.78 is 5.11. The smallest absolute Gasteiger partial charge is 0.173 e. The van der Waals surface area contributed by atoms with Crippen LogP contribution in [0.4, 0.5) is 0 Å². The molecule has 1 aliphatic carbocycles. The molecular weight excluding hydrogens is 364 g/mol. The Morgan fingerprint density at radius 1 is 0.966 bits per heavy atom. The number of carbonyl (C=O) groups is 3. The fourth-order valence-electron chi connectivity index (χ4n) is 4.32. The fraction of sp³-hybridized carbons (Fsp3) is 0.320. The number of benzene rings is 2. The van der Waals surface area contributed by atoms with Gasteiger partial charge in [0.1, 0.15) is 11.7 Å². The van der Waals surface area contributed by atoms with Crippen LogP contribution in [0.2, 0.25) is 0 Å². The molecule has 0 unspecified atom stereocenters. The highest BCUT2D eigenvalue weighted by Gasteiger charge is 2.40. The molecule has 4 nitrogen and oxygen atoms in total. The number of ketones is 3. The number of hydrogen-bond donors (Lipinski definition) is 0. The van der Waals surface area contributed by atoms with Crippen LogP contribution >= 0.6 is 0 Å². The number of rotatable bonds is 5. The third kappa shape index (κ3) is 4.53. The topological polar surface area (TPSA) is 60.4 Å². The SMILES string of the molecule is COc1ccc(/C=C/C(=O)C2C(=O)CC(c3c(C)cc(C)cc3C)CC2=O)cc1. The van der Waals surface area contributed by atoms with Crippen molar-refractivity contribution in [1.82, 2.24) is 0 Å². The maximum atomic E-state index is 12.7. The second-order valence-electron chi connectivity index (χ2n) is 7.79. The Morgan fingerprint density at radius 2 is 1.52 bits per heavy atom. The van der Waals surface area contributed by atoms with E-state index in [9.17, 15) is 14.4 Å². The van der Waals surface area contributed by atoms with E-state index < -0.39 is 11.7 Å². The lowest BCUT2D eigenvalue weighted by atomic mass is 9.73. The van der Waals surface area contributed by atoms with Crippen LogP contribution in [0.5, 0.6) is 5.75 Å². The lowest BCUT2D eigenvalue weighted by Crippen LogP contribution is -2.37. The minimum atomic E-state index is -1.17. The quantitative estimate of drug-likeness (QED) is 0.556. The summed E-state index contributed by atoms with van der Waals surface area (Å²) in [5.74, 6) is -1.60. The second-order valence-corrected chi connectivity index (χ2v) is 7.79. The highest BCUT2D eigenvalue weighted by atomic mass is 16.5. The number of aryl methyl sites for hydroxylation is 3. The molecule has 0 N–H and O–H groups in total. The van der Waals surface area contributed by atoms with Gasteiger partial charge in [-0.3, -0.25) is 14.4 Å². The number of allylic oxidation sites excluding steroid dienone is 1. The van der Waals surface area contributed by atoms with E-state index in [1.165, 1.54) is 6.08 Å². The zero-order chi connectivity index (χ0) is 21.1. The van der Waals surface area contributed by atoms with E-state index in [4.69, 9.17) is 4.74 Å². The van der Waals surface area contributed by atoms with Gasteiger partial charge in [-0.2, -0.15) is 0 Å². The van der Waals surface area contributed by atoms with Gasteiger partial charge in [0.05, 0.1) is 7.11 Å². The molecule has 1 aliphatic rings.